The van der Waals surface area contributed by atoms with Crippen molar-refractivity contribution in [2.75, 3.05) is 0 Å². The quantitative estimate of drug-likeness (QED) is 0.105. The predicted octanol–water partition coefficient (Wildman–Crippen LogP) is 22.3. The number of hydrogen-bond acceptors (Lipinski definition) is 5. The van der Waals surface area contributed by atoms with Gasteiger partial charge in [-0.25, -0.2) is 0 Å². The van der Waals surface area contributed by atoms with Crippen LogP contribution in [0.3, 0.4) is 0 Å². The summed E-state index contributed by atoms with van der Waals surface area (Å²) >= 11 is 0. The Morgan fingerprint density at radius 3 is 1.00 bits per heavy atom. The van der Waals surface area contributed by atoms with Crippen LogP contribution in [0.15, 0.2) is 61.1 Å². The molecule has 0 amide bonds. The molecule has 5 rings (SSSR count). The van der Waals surface area contributed by atoms with Crippen molar-refractivity contribution in [2.45, 2.75) is 296 Å². The molecule has 5 nitrogen and oxygen atoms in total. The van der Waals surface area contributed by atoms with Crippen LogP contribution in [0.25, 0.3) is 0 Å². The zero-order valence-corrected chi connectivity index (χ0v) is 54.2. The summed E-state index contributed by atoms with van der Waals surface area (Å²) in [6, 6.07) is 16.0. The number of aromatic nitrogens is 5. The van der Waals surface area contributed by atoms with Crippen molar-refractivity contribution in [1.82, 2.24) is 24.9 Å². The molecule has 420 valence electrons. The summed E-state index contributed by atoms with van der Waals surface area (Å²) in [6.07, 6.45) is 6.02. The van der Waals surface area contributed by atoms with Crippen LogP contribution in [0.4, 0.5) is 0 Å². The first-order valence-electron chi connectivity index (χ1n) is 29.7. The van der Waals surface area contributed by atoms with Crippen molar-refractivity contribution in [3.05, 3.63) is 145 Å². The van der Waals surface area contributed by atoms with Crippen molar-refractivity contribution in [3.8, 4) is 0 Å². The molecule has 75 heavy (non-hydrogen) atoms. The number of rotatable bonds is 15. The maximum Gasteiger partial charge on any atom is 0.0650 e. The van der Waals surface area contributed by atoms with E-state index in [0.717, 1.165) is 17.1 Å². The third kappa shape index (κ3) is 22.0. The van der Waals surface area contributed by atoms with Gasteiger partial charge in [-0.15, -0.1) is 0 Å². The molecule has 4 aromatic heterocycles. The summed E-state index contributed by atoms with van der Waals surface area (Å²) in [7, 11) is 0. The number of hydrogen-bond donors (Lipinski definition) is 0. The zero-order chi connectivity index (χ0) is 57.9. The van der Waals surface area contributed by atoms with E-state index in [9.17, 15) is 0 Å². The van der Waals surface area contributed by atoms with Gasteiger partial charge in [-0.2, -0.15) is 0 Å². The highest BCUT2D eigenvalue weighted by Gasteiger charge is 2.18. The highest BCUT2D eigenvalue weighted by atomic mass is 14.8. The third-order valence-electron chi connectivity index (χ3n) is 13.9. The molecule has 1 aromatic carbocycles. The van der Waals surface area contributed by atoms with Crippen LogP contribution in [0.2, 0.25) is 0 Å². The molecule has 0 bridgehead atoms. The fraction of sp³-hybridized carbons (Fsp3) is 0.643. The summed E-state index contributed by atoms with van der Waals surface area (Å²) in [5.41, 5.74) is 19.9. The average Bonchev–Trinajstić information content (AvgIpc) is 3.33. The van der Waals surface area contributed by atoms with Crippen LogP contribution in [-0.2, 0) is 0 Å². The summed E-state index contributed by atoms with van der Waals surface area (Å²) in [4.78, 5) is 23.2. The van der Waals surface area contributed by atoms with Crippen molar-refractivity contribution in [2.24, 2.45) is 0 Å². The van der Waals surface area contributed by atoms with Gasteiger partial charge in [0.25, 0.3) is 0 Å². The van der Waals surface area contributed by atoms with Crippen molar-refractivity contribution in [3.63, 3.8) is 0 Å². The molecule has 0 aliphatic rings. The average molecular weight is 1030 g/mol. The van der Waals surface area contributed by atoms with Crippen LogP contribution >= 0.6 is 0 Å². The van der Waals surface area contributed by atoms with E-state index in [-0.39, 0.29) is 0 Å². The Hall–Kier alpha value is -4.25. The predicted molar refractivity (Wildman–Crippen MR) is 333 cm³/mol. The van der Waals surface area contributed by atoms with E-state index in [0.29, 0.717) is 88.8 Å². The van der Waals surface area contributed by atoms with Gasteiger partial charge in [0.05, 0.1) is 17.1 Å². The van der Waals surface area contributed by atoms with Gasteiger partial charge in [0.2, 0.25) is 0 Å². The Morgan fingerprint density at radius 2 is 0.600 bits per heavy atom. The van der Waals surface area contributed by atoms with Gasteiger partial charge in [0, 0.05) is 41.4 Å². The molecule has 5 aromatic rings. The molecule has 0 saturated carbocycles. The van der Waals surface area contributed by atoms with Crippen LogP contribution < -0.4 is 0 Å². The van der Waals surface area contributed by atoms with Crippen molar-refractivity contribution in [1.29, 1.82) is 0 Å². The summed E-state index contributed by atoms with van der Waals surface area (Å²) in [6.45, 7) is 66.7. The lowest BCUT2D eigenvalue weighted by atomic mass is 9.87. The van der Waals surface area contributed by atoms with Gasteiger partial charge >= 0.3 is 0 Å². The van der Waals surface area contributed by atoms with Crippen LogP contribution in [0.5, 0.6) is 0 Å². The molecule has 0 unspecified atom stereocenters. The Bertz CT molecular complexity index is 2010. The molecular weight excluding hydrogens is 911 g/mol. The van der Waals surface area contributed by atoms with E-state index in [1.165, 1.54) is 67.3 Å². The fourth-order valence-corrected chi connectivity index (χ4v) is 8.89. The second-order valence-corrected chi connectivity index (χ2v) is 26.0. The van der Waals surface area contributed by atoms with Gasteiger partial charge in [0.15, 0.2) is 0 Å². The monoisotopic (exact) mass is 1030 g/mol. The maximum atomic E-state index is 4.79. The number of nitrogens with zero attached hydrogens (tertiary/aromatic N) is 5. The molecular formula is C70H115N5. The van der Waals surface area contributed by atoms with Crippen LogP contribution in [0.1, 0.15) is 381 Å². The van der Waals surface area contributed by atoms with Crippen molar-refractivity contribution >= 4 is 0 Å². The maximum absolute atomic E-state index is 4.79. The van der Waals surface area contributed by atoms with Gasteiger partial charge in [0.1, 0.15) is 0 Å². The van der Waals surface area contributed by atoms with Gasteiger partial charge in [-0.3, -0.25) is 24.9 Å². The Labute approximate surface area is 464 Å². The van der Waals surface area contributed by atoms with Crippen molar-refractivity contribution < 1.29 is 0 Å². The minimum Gasteiger partial charge on any atom is -0.261 e. The lowest BCUT2D eigenvalue weighted by Crippen LogP contribution is -2.08. The molecule has 0 fully saturated rings. The molecule has 5 heteroatoms. The Morgan fingerprint density at radius 1 is 0.213 bits per heavy atom. The summed E-state index contributed by atoms with van der Waals surface area (Å²) in [5, 5.41) is 0. The molecule has 0 saturated heterocycles. The van der Waals surface area contributed by atoms with E-state index in [1.807, 2.05) is 12.4 Å². The molecule has 0 atom stereocenters. The van der Waals surface area contributed by atoms with E-state index in [4.69, 9.17) is 9.97 Å². The van der Waals surface area contributed by atoms with Gasteiger partial charge in [-0.05, 0) is 145 Å². The minimum absolute atomic E-state index is 0.452. The Kier molecular flexibility index (Phi) is 29.8. The molecule has 4 heterocycles. The van der Waals surface area contributed by atoms with Gasteiger partial charge < -0.3 is 0 Å². The normalized spacial score (nSPS) is 11.8. The fourth-order valence-electron chi connectivity index (χ4n) is 8.89. The second kappa shape index (κ2) is 32.5. The first-order chi connectivity index (χ1) is 34.7. The van der Waals surface area contributed by atoms with E-state index >= 15 is 0 Å². The van der Waals surface area contributed by atoms with Crippen LogP contribution in [0, 0.1) is 0 Å². The zero-order valence-electron chi connectivity index (χ0n) is 54.2. The second-order valence-electron chi connectivity index (χ2n) is 26.0. The molecule has 0 N–H and O–H groups in total. The highest BCUT2D eigenvalue weighted by Crippen LogP contribution is 2.32. The largest absolute Gasteiger partial charge is 0.261 e. The van der Waals surface area contributed by atoms with E-state index in [1.54, 1.807) is 0 Å². The summed E-state index contributed by atoms with van der Waals surface area (Å²) in [5.74, 6) is 8.16. The standard InChI is InChI=1S/C15H24.3C14H23N.C13H22N2/c1-10(2)13-7-8-14(11(3)4)15(9-13)12(5)6;1-9(2)12-7-14(11(5)6)15-8-13(12)10(3)4;1-9(2)12-7-13(10(3)4)14(11(5)6)15-8-12;1-9(2)12-7-8-13(10(3)4)15-14(12)11(5)6;1-8(2)11-7-14-12(9(3)4)13(15-11)10(5)6/h7-12H,1-6H3;3*7-11H,1-6H3;7-10H,1-6H3. The molecule has 0 aliphatic carbocycles. The van der Waals surface area contributed by atoms with E-state index in [2.05, 4.69) is 271 Å². The first-order valence-corrected chi connectivity index (χ1v) is 29.7. The highest BCUT2D eigenvalue weighted by molar-refractivity contribution is 5.38. The topological polar surface area (TPSA) is 64.5 Å². The Balaban J connectivity index is 0.000000469. The van der Waals surface area contributed by atoms with Crippen LogP contribution in [-0.4, -0.2) is 24.9 Å². The summed E-state index contributed by atoms with van der Waals surface area (Å²) < 4.78 is 0. The molecule has 0 aliphatic heterocycles. The number of benzene rings is 1. The lowest BCUT2D eigenvalue weighted by molar-refractivity contribution is 0.695. The first kappa shape index (κ1) is 68.8. The number of pyridine rings is 3. The SMILES string of the molecule is CC(C)c1cc(C(C)C)c(C(C)C)cn1.CC(C)c1ccc(C(C)C)c(C(C)C)c1.CC(C)c1ccc(C(C)C)c(C(C)C)n1.CC(C)c1cnc(C(C)C)c(C(C)C)c1.CC(C)c1cnc(C(C)C)c(C(C)C)n1. The van der Waals surface area contributed by atoms with Gasteiger partial charge in [-0.1, -0.05) is 238 Å². The third-order valence-corrected chi connectivity index (χ3v) is 13.9. The van der Waals surface area contributed by atoms with E-state index < -0.39 is 0 Å². The lowest BCUT2D eigenvalue weighted by Gasteiger charge is -2.18. The minimum atomic E-state index is 0.452. The smallest absolute Gasteiger partial charge is 0.0650 e. The molecule has 0 spiro atoms. The molecule has 0 radical (unpaired) electrons.